The largest absolute Gasteiger partial charge is 0.395 e. The first kappa shape index (κ1) is 92.0. The number of nitrogen functional groups attached to an aromatic ring is 3. The smallest absolute Gasteiger partial charge is 0.152 e. The van der Waals surface area contributed by atoms with E-state index in [-0.39, 0.29) is 55.1 Å². The van der Waals surface area contributed by atoms with Crippen LogP contribution in [0.4, 0.5) is 17.5 Å². The lowest BCUT2D eigenvalue weighted by atomic mass is 9.95. The predicted molar refractivity (Wildman–Crippen MR) is 429 cm³/mol. The molecule has 4 saturated heterocycles. The Morgan fingerprint density at radius 3 is 1.30 bits per heavy atom. The fourth-order valence-corrected chi connectivity index (χ4v) is 14.5. The SMILES string of the molecule is CNCc1nc2c(N)nc3ccccc3c2n1C.COC(C)(C)Cn1c(C(C)(C)C)nc2c(N)nc3ccccc3c21.COC[C@@H]1[C@@H](O)[C@H](O)[C@@H](O)CN1C.COCc1nc2c(N)nc3ccccc3c2n1C.CO[C@H]1CN(C)[C@H](CO)[C@@H](O)[C@@H]1O.CO[C@H]1[C@H](O)[C@@H](CO)N(C)C[C@@H]1O.CO[C@H]1[C@H](O)[C@@H](O)CN(C)[C@@H]1CO. The van der Waals surface area contributed by atoms with Crippen LogP contribution in [0, 0.1) is 0 Å². The minimum Gasteiger partial charge on any atom is -0.395 e. The summed E-state index contributed by atoms with van der Waals surface area (Å²) >= 11 is 0. The van der Waals surface area contributed by atoms with E-state index in [1.54, 1.807) is 62.0 Å². The van der Waals surface area contributed by atoms with Gasteiger partial charge in [-0.25, -0.2) is 29.9 Å². The minimum atomic E-state index is -1.07. The van der Waals surface area contributed by atoms with Crippen LogP contribution in [-0.4, -0.2) is 358 Å². The first-order chi connectivity index (χ1) is 53.0. The van der Waals surface area contributed by atoms with Gasteiger partial charge in [-0.1, -0.05) is 75.4 Å². The lowest BCUT2D eigenvalue weighted by Gasteiger charge is -2.42. The van der Waals surface area contributed by atoms with Crippen LogP contribution in [0.15, 0.2) is 72.8 Å². The van der Waals surface area contributed by atoms with Crippen molar-refractivity contribution >= 4 is 83.3 Å². The lowest BCUT2D eigenvalue weighted by Crippen LogP contribution is -2.61. The van der Waals surface area contributed by atoms with Crippen LogP contribution in [0.1, 0.15) is 52.1 Å². The van der Waals surface area contributed by atoms with Gasteiger partial charge in [0.25, 0.3) is 0 Å². The van der Waals surface area contributed by atoms with Crippen molar-refractivity contribution < 1.29 is 89.7 Å². The van der Waals surface area contributed by atoms with Crippen LogP contribution >= 0.6 is 0 Å². The van der Waals surface area contributed by atoms with Gasteiger partial charge in [-0.2, -0.15) is 0 Å². The van der Waals surface area contributed by atoms with Crippen molar-refractivity contribution in [3.63, 3.8) is 0 Å². The highest BCUT2D eigenvalue weighted by molar-refractivity contribution is 6.08. The molecule has 0 spiro atoms. The molecule has 6 aromatic heterocycles. The van der Waals surface area contributed by atoms with Crippen molar-refractivity contribution in [2.24, 2.45) is 14.1 Å². The van der Waals surface area contributed by atoms with Gasteiger partial charge in [-0.3, -0.25) is 19.6 Å². The summed E-state index contributed by atoms with van der Waals surface area (Å²) in [4.78, 5) is 34.3. The fraction of sp³-hybridized carbons (Fsp3) is 0.610. The molecular weight excluding hydrogens is 1450 g/mol. The molecule has 9 aromatic rings. The summed E-state index contributed by atoms with van der Waals surface area (Å²) in [5, 5.41) is 119. The number of aromatic nitrogens is 9. The summed E-state index contributed by atoms with van der Waals surface area (Å²) in [5.74, 6) is 4.22. The Balaban J connectivity index is 0.000000184. The number of para-hydroxylation sites is 3. The molecule has 3 aromatic carbocycles. The number of β-amino-alcohol motifs (C(OH)–C–C–N with tert-alkyl or cyclic N) is 3. The van der Waals surface area contributed by atoms with E-state index in [9.17, 15) is 46.0 Å². The quantitative estimate of drug-likeness (QED) is 0.0602. The van der Waals surface area contributed by atoms with Gasteiger partial charge in [0.15, 0.2) is 17.5 Å². The van der Waals surface area contributed by atoms with Crippen LogP contribution in [0.3, 0.4) is 0 Å². The number of piperidine rings is 4. The number of nitrogens with one attached hydrogen (secondary N) is 1. The van der Waals surface area contributed by atoms with Crippen LogP contribution in [0.25, 0.3) is 65.8 Å². The Morgan fingerprint density at radius 2 is 0.857 bits per heavy atom. The van der Waals surface area contributed by atoms with Gasteiger partial charge in [0.2, 0.25) is 0 Å². The number of fused-ring (bicyclic) bond motifs is 9. The molecule has 4 aliphatic heterocycles. The lowest BCUT2D eigenvalue weighted by molar-refractivity contribution is -0.151. The molecule has 35 heteroatoms. The third-order valence-electron chi connectivity index (χ3n) is 21.0. The number of likely N-dealkylation sites (tertiary alicyclic amines) is 4. The molecule has 0 bridgehead atoms. The van der Waals surface area contributed by atoms with Crippen molar-refractivity contribution in [2.75, 3.05) is 148 Å². The Hall–Kier alpha value is -7.22. The molecule has 0 radical (unpaired) electrons. The summed E-state index contributed by atoms with van der Waals surface area (Å²) < 4.78 is 37.1. The highest BCUT2D eigenvalue weighted by atomic mass is 16.5. The second-order valence-electron chi connectivity index (χ2n) is 30.4. The van der Waals surface area contributed by atoms with Gasteiger partial charge >= 0.3 is 0 Å². The number of aryl methyl sites for hydroxylation is 2. The average Bonchev–Trinajstić information content (AvgIpc) is 1.58. The Kier molecular flexibility index (Phi) is 33.6. The van der Waals surface area contributed by atoms with E-state index in [2.05, 4.69) is 86.1 Å². The van der Waals surface area contributed by atoms with E-state index in [0.717, 1.165) is 83.3 Å². The number of hydrogen-bond donors (Lipinski definition) is 16. The maximum Gasteiger partial charge on any atom is 0.152 e. The third-order valence-corrected chi connectivity index (χ3v) is 21.0. The molecule has 4 aliphatic rings. The van der Waals surface area contributed by atoms with Crippen LogP contribution in [0.2, 0.25) is 0 Å². The van der Waals surface area contributed by atoms with E-state index in [1.165, 1.54) is 28.4 Å². The number of aliphatic hydroxyl groups excluding tert-OH is 12. The molecule has 10 heterocycles. The third kappa shape index (κ3) is 21.1. The van der Waals surface area contributed by atoms with Crippen LogP contribution < -0.4 is 22.5 Å². The standard InChI is InChI=1S/C19H26N4O.C13H15N5.C13H14N4O.4C8H17NO4/c1-18(2,3)17-22-14-15(23(17)11-19(4,5)24-6)12-9-7-8-10-13(12)21-16(14)20;1-15-7-10-17-11-12(18(10)2)8-5-3-4-6-9(8)16-13(11)14;1-17-10(7-18-2)16-11-12(17)8-5-3-4-6-9(8)15-13(11)14;1-9-3-6(11)7(12)8(13-2)5(9)4-10;1-9-3-6(10)8(12)7(11)5(9)4-13-2;1-9-3-6(13-2)8(12)7(11)5(9)4-10;1-9-3-6(11)8(13-2)7(12)5(9)4-10/h7-10H,11H2,1-6H3,(H2,20,21);3-6,15H,7H2,1-2H3,(H2,14,16);3-6H,7H2,1-2H3,(H2,14,15);4*5-8,10-12H,3-4H2,1-2H3/t;;;4*5-,6+,7-,8-/m...1111/s1. The van der Waals surface area contributed by atoms with Crippen molar-refractivity contribution in [3.05, 3.63) is 90.3 Å². The van der Waals surface area contributed by atoms with Crippen molar-refractivity contribution in [1.29, 1.82) is 0 Å². The number of rotatable bonds is 15. The Labute approximate surface area is 653 Å². The first-order valence-corrected chi connectivity index (χ1v) is 37.1. The molecule has 4 fully saturated rings. The minimum absolute atomic E-state index is 0.0845. The highest BCUT2D eigenvalue weighted by Gasteiger charge is 2.44. The van der Waals surface area contributed by atoms with Gasteiger partial charge in [0, 0.05) is 105 Å². The molecule has 0 aliphatic carbocycles. The first-order valence-electron chi connectivity index (χ1n) is 37.1. The summed E-state index contributed by atoms with van der Waals surface area (Å²) in [6.07, 6.45) is -9.56. The van der Waals surface area contributed by atoms with Crippen LogP contribution in [0.5, 0.6) is 0 Å². The number of imidazole rings is 3. The van der Waals surface area contributed by atoms with E-state index < -0.39 is 73.2 Å². The number of pyridine rings is 3. The number of aliphatic hydroxyl groups is 12. The fourth-order valence-electron chi connectivity index (χ4n) is 14.5. The highest BCUT2D eigenvalue weighted by Crippen LogP contribution is 2.36. The molecule has 35 nitrogen and oxygen atoms in total. The van der Waals surface area contributed by atoms with Gasteiger partial charge in [0.1, 0.15) is 89.5 Å². The molecule has 0 amide bonds. The van der Waals surface area contributed by atoms with Crippen LogP contribution in [-0.2, 0) is 67.6 Å². The molecule has 0 unspecified atom stereocenters. The number of nitrogens with zero attached hydrogens (tertiary/aromatic N) is 13. The maximum atomic E-state index is 9.68. The van der Waals surface area contributed by atoms with Gasteiger partial charge in [-0.15, -0.1) is 0 Å². The zero-order valence-corrected chi connectivity index (χ0v) is 67.8. The average molecular weight is 1570 g/mol. The molecule has 16 atom stereocenters. The van der Waals surface area contributed by atoms with E-state index in [0.29, 0.717) is 69.9 Å². The Bertz CT molecular complexity index is 4280. The van der Waals surface area contributed by atoms with Crippen molar-refractivity contribution in [3.8, 4) is 0 Å². The van der Waals surface area contributed by atoms with Gasteiger partial charge in [0.05, 0.1) is 127 Å². The summed E-state index contributed by atoms with van der Waals surface area (Å²) in [6, 6.07) is 22.7. The second-order valence-corrected chi connectivity index (χ2v) is 30.4. The number of methoxy groups -OCH3 is 6. The summed E-state index contributed by atoms with van der Waals surface area (Å²) in [7, 11) is 22.3. The maximum absolute atomic E-state index is 9.68. The van der Waals surface area contributed by atoms with Gasteiger partial charge < -0.3 is 126 Å². The predicted octanol–water partition coefficient (Wildman–Crippen LogP) is -0.720. The van der Waals surface area contributed by atoms with Crippen molar-refractivity contribution in [2.45, 2.75) is 163 Å². The Morgan fingerprint density at radius 1 is 0.446 bits per heavy atom. The number of ether oxygens (including phenoxy) is 6. The second kappa shape index (κ2) is 40.9. The molecule has 624 valence electrons. The monoisotopic (exact) mass is 1570 g/mol. The number of hydrogen-bond acceptors (Lipinski definition) is 32. The van der Waals surface area contributed by atoms with E-state index >= 15 is 0 Å². The molecule has 112 heavy (non-hydrogen) atoms. The normalized spacial score (nSPS) is 26.1. The number of nitrogens with two attached hydrogens (primary N) is 3. The topological polar surface area (TPSA) is 493 Å². The molecule has 0 saturated carbocycles. The zero-order chi connectivity index (χ0) is 83.1. The van der Waals surface area contributed by atoms with E-state index in [1.807, 2.05) is 86.4 Å². The summed E-state index contributed by atoms with van der Waals surface area (Å²) in [5.41, 5.74) is 25.8. The number of likely N-dealkylation sites (N-methyl/N-ethyl adjacent to an activating group) is 4. The zero-order valence-electron chi connectivity index (χ0n) is 67.8. The summed E-state index contributed by atoms with van der Waals surface area (Å²) in [6.45, 7) is 14.1. The molecule has 19 N–H and O–H groups in total. The van der Waals surface area contributed by atoms with Crippen molar-refractivity contribution in [1.82, 2.24) is 68.5 Å². The van der Waals surface area contributed by atoms with E-state index in [4.69, 9.17) is 65.9 Å². The molecular formula is C77H123N17O18. The van der Waals surface area contributed by atoms with Gasteiger partial charge in [-0.05, 0) is 67.3 Å². The number of anilines is 3. The molecule has 13 rings (SSSR count). The number of benzene rings is 3.